The summed E-state index contributed by atoms with van der Waals surface area (Å²) in [6.07, 6.45) is 4.35. The van der Waals surface area contributed by atoms with Crippen LogP contribution in [0.2, 0.25) is 0 Å². The van der Waals surface area contributed by atoms with Crippen molar-refractivity contribution in [1.29, 1.82) is 0 Å². The van der Waals surface area contributed by atoms with Crippen molar-refractivity contribution in [2.24, 2.45) is 5.73 Å². The van der Waals surface area contributed by atoms with Crippen LogP contribution in [0.25, 0.3) is 0 Å². The Labute approximate surface area is 78.5 Å². The van der Waals surface area contributed by atoms with Crippen LogP contribution in [0.15, 0.2) is 0 Å². The van der Waals surface area contributed by atoms with Gasteiger partial charge in [0.05, 0.1) is 0 Å². The molecule has 0 aromatic heterocycles. The van der Waals surface area contributed by atoms with Crippen LogP contribution >= 0.6 is 0 Å². The van der Waals surface area contributed by atoms with Gasteiger partial charge < -0.3 is 16.0 Å². The molecular weight excluding hydrogens is 166 g/mol. The van der Waals surface area contributed by atoms with Gasteiger partial charge in [0.25, 0.3) is 0 Å². The molecule has 0 aromatic rings. The number of hydrogen-bond donors (Lipinski definition) is 2. The molecule has 2 atom stereocenters. The van der Waals surface area contributed by atoms with Crippen LogP contribution in [0.5, 0.6) is 0 Å². The minimum Gasteiger partial charge on any atom is -0.338 e. The minimum absolute atomic E-state index is 0.0774. The van der Waals surface area contributed by atoms with Gasteiger partial charge in [-0.2, -0.15) is 0 Å². The zero-order valence-corrected chi connectivity index (χ0v) is 7.83. The predicted molar refractivity (Wildman–Crippen MR) is 50.3 cm³/mol. The van der Waals surface area contributed by atoms with Gasteiger partial charge in [-0.05, 0) is 25.7 Å². The molecule has 1 heterocycles. The van der Waals surface area contributed by atoms with Crippen LogP contribution < -0.4 is 11.1 Å². The number of nitrogens with two attached hydrogens (primary N) is 1. The molecular formula is C9H17N3O. The fourth-order valence-corrected chi connectivity index (χ4v) is 2.32. The summed E-state index contributed by atoms with van der Waals surface area (Å²) in [5.74, 6) is 0. The Balaban J connectivity index is 2.01. The average Bonchev–Trinajstić information content (AvgIpc) is 2.52. The summed E-state index contributed by atoms with van der Waals surface area (Å²) in [6, 6.07) is 0.567. The standard InChI is InChI=1S/C9H17N3O/c10-7-3-1-4-8(7)12-6-2-5-11-9(12)13/h7-8H,1-6,10H2,(H,11,13). The van der Waals surface area contributed by atoms with E-state index in [1.54, 1.807) is 0 Å². The summed E-state index contributed by atoms with van der Waals surface area (Å²) >= 11 is 0. The van der Waals surface area contributed by atoms with E-state index >= 15 is 0 Å². The van der Waals surface area contributed by atoms with Crippen molar-refractivity contribution in [1.82, 2.24) is 10.2 Å². The Kier molecular flexibility index (Phi) is 2.40. The maximum atomic E-state index is 11.5. The number of hydrogen-bond acceptors (Lipinski definition) is 2. The van der Waals surface area contributed by atoms with Crippen LogP contribution in [0.4, 0.5) is 4.79 Å². The van der Waals surface area contributed by atoms with E-state index in [9.17, 15) is 4.79 Å². The number of urea groups is 1. The molecule has 3 N–H and O–H groups in total. The number of nitrogens with zero attached hydrogens (tertiary/aromatic N) is 1. The summed E-state index contributed by atoms with van der Waals surface area (Å²) in [5, 5.41) is 2.86. The van der Waals surface area contributed by atoms with Crippen molar-refractivity contribution in [2.75, 3.05) is 13.1 Å². The van der Waals surface area contributed by atoms with Gasteiger partial charge in [-0.1, -0.05) is 0 Å². The van der Waals surface area contributed by atoms with Crippen molar-refractivity contribution in [3.8, 4) is 0 Å². The summed E-state index contributed by atoms with van der Waals surface area (Å²) in [5.41, 5.74) is 5.95. The van der Waals surface area contributed by atoms with Gasteiger partial charge in [-0.25, -0.2) is 4.79 Å². The summed E-state index contributed by atoms with van der Waals surface area (Å²) in [6.45, 7) is 1.70. The molecule has 74 valence electrons. The first-order valence-electron chi connectivity index (χ1n) is 5.09. The van der Waals surface area contributed by atoms with Gasteiger partial charge in [0, 0.05) is 25.2 Å². The van der Waals surface area contributed by atoms with Crippen molar-refractivity contribution < 1.29 is 4.79 Å². The van der Waals surface area contributed by atoms with E-state index < -0.39 is 0 Å². The zero-order valence-electron chi connectivity index (χ0n) is 7.83. The molecule has 4 heteroatoms. The highest BCUT2D eigenvalue weighted by Crippen LogP contribution is 2.23. The zero-order chi connectivity index (χ0) is 9.26. The summed E-state index contributed by atoms with van der Waals surface area (Å²) in [4.78, 5) is 13.4. The highest BCUT2D eigenvalue weighted by atomic mass is 16.2. The molecule has 1 aliphatic carbocycles. The molecule has 1 saturated heterocycles. The van der Waals surface area contributed by atoms with E-state index in [1.165, 1.54) is 0 Å². The molecule has 0 radical (unpaired) electrons. The maximum Gasteiger partial charge on any atom is 0.317 e. The first-order chi connectivity index (χ1) is 6.29. The minimum atomic E-state index is 0.0774. The van der Waals surface area contributed by atoms with Crippen molar-refractivity contribution in [2.45, 2.75) is 37.8 Å². The molecule has 2 fully saturated rings. The Morgan fingerprint density at radius 3 is 2.85 bits per heavy atom. The molecule has 2 rings (SSSR count). The third-order valence-corrected chi connectivity index (χ3v) is 3.04. The number of nitrogens with one attached hydrogen (secondary N) is 1. The van der Waals surface area contributed by atoms with Gasteiger partial charge in [0.1, 0.15) is 0 Å². The first-order valence-corrected chi connectivity index (χ1v) is 5.09. The van der Waals surface area contributed by atoms with Crippen molar-refractivity contribution >= 4 is 6.03 Å². The monoisotopic (exact) mass is 183 g/mol. The molecule has 0 bridgehead atoms. The van der Waals surface area contributed by atoms with Gasteiger partial charge in [-0.15, -0.1) is 0 Å². The Hall–Kier alpha value is -0.770. The van der Waals surface area contributed by atoms with E-state index in [0.29, 0.717) is 6.04 Å². The summed E-state index contributed by atoms with van der Waals surface area (Å²) < 4.78 is 0. The topological polar surface area (TPSA) is 58.4 Å². The van der Waals surface area contributed by atoms with E-state index in [1.807, 2.05) is 4.90 Å². The number of rotatable bonds is 1. The van der Waals surface area contributed by atoms with E-state index in [0.717, 1.165) is 38.8 Å². The van der Waals surface area contributed by atoms with Gasteiger partial charge in [0.2, 0.25) is 0 Å². The average molecular weight is 183 g/mol. The molecule has 2 unspecified atom stereocenters. The van der Waals surface area contributed by atoms with E-state index in [2.05, 4.69) is 5.32 Å². The second kappa shape index (κ2) is 3.54. The fraction of sp³-hybridized carbons (Fsp3) is 0.889. The van der Waals surface area contributed by atoms with Crippen LogP contribution in [-0.2, 0) is 0 Å². The molecule has 2 amide bonds. The fourth-order valence-electron chi connectivity index (χ4n) is 2.32. The quantitative estimate of drug-likeness (QED) is 0.613. The Bertz CT molecular complexity index is 207. The first kappa shape index (κ1) is 8.81. The molecule has 0 spiro atoms. The number of carbonyl (C=O) groups is 1. The predicted octanol–water partition coefficient (Wildman–Crippen LogP) is 0.281. The van der Waals surface area contributed by atoms with Crippen molar-refractivity contribution in [3.63, 3.8) is 0 Å². The van der Waals surface area contributed by atoms with Crippen molar-refractivity contribution in [3.05, 3.63) is 0 Å². The van der Waals surface area contributed by atoms with Crippen LogP contribution in [0.3, 0.4) is 0 Å². The number of amides is 2. The molecule has 2 aliphatic rings. The molecule has 13 heavy (non-hydrogen) atoms. The van der Waals surface area contributed by atoms with Gasteiger partial charge in [-0.3, -0.25) is 0 Å². The lowest BCUT2D eigenvalue weighted by molar-refractivity contribution is 0.156. The lowest BCUT2D eigenvalue weighted by Gasteiger charge is -2.34. The lowest BCUT2D eigenvalue weighted by atomic mass is 10.1. The highest BCUT2D eigenvalue weighted by molar-refractivity contribution is 5.75. The second-order valence-electron chi connectivity index (χ2n) is 3.94. The largest absolute Gasteiger partial charge is 0.338 e. The maximum absolute atomic E-state index is 11.5. The Morgan fingerprint density at radius 1 is 1.38 bits per heavy atom. The SMILES string of the molecule is NC1CCCC1N1CCCNC1=O. The van der Waals surface area contributed by atoms with E-state index in [4.69, 9.17) is 5.73 Å². The molecule has 1 aliphatic heterocycles. The third kappa shape index (κ3) is 1.63. The molecule has 0 aromatic carbocycles. The van der Waals surface area contributed by atoms with Gasteiger partial charge >= 0.3 is 6.03 Å². The van der Waals surface area contributed by atoms with Gasteiger partial charge in [0.15, 0.2) is 0 Å². The lowest BCUT2D eigenvalue weighted by Crippen LogP contribution is -2.54. The van der Waals surface area contributed by atoms with E-state index in [-0.39, 0.29) is 12.1 Å². The smallest absolute Gasteiger partial charge is 0.317 e. The highest BCUT2D eigenvalue weighted by Gasteiger charge is 2.33. The molecule has 4 nitrogen and oxygen atoms in total. The second-order valence-corrected chi connectivity index (χ2v) is 3.94. The normalized spacial score (nSPS) is 34.8. The third-order valence-electron chi connectivity index (χ3n) is 3.04. The van der Waals surface area contributed by atoms with Crippen LogP contribution in [0.1, 0.15) is 25.7 Å². The summed E-state index contributed by atoms with van der Waals surface area (Å²) in [7, 11) is 0. The number of carbonyl (C=O) groups excluding carboxylic acids is 1. The Morgan fingerprint density at radius 2 is 2.23 bits per heavy atom. The molecule has 1 saturated carbocycles. The van der Waals surface area contributed by atoms with Crippen LogP contribution in [-0.4, -0.2) is 36.1 Å². The van der Waals surface area contributed by atoms with Crippen LogP contribution in [0, 0.1) is 0 Å².